The first-order valence-electron chi connectivity index (χ1n) is 8.34. The summed E-state index contributed by atoms with van der Waals surface area (Å²) in [4.78, 5) is 23.2. The van der Waals surface area contributed by atoms with E-state index in [0.29, 0.717) is 5.92 Å². The van der Waals surface area contributed by atoms with E-state index in [1.165, 1.54) is 0 Å². The van der Waals surface area contributed by atoms with Crippen LogP contribution in [-0.4, -0.2) is 43.6 Å². The summed E-state index contributed by atoms with van der Waals surface area (Å²) in [5, 5.41) is 0. The van der Waals surface area contributed by atoms with Crippen LogP contribution in [0.3, 0.4) is 0 Å². The minimum Gasteiger partial charge on any atom is -0.336 e. The molecule has 6 heteroatoms. The molecule has 1 fully saturated rings. The number of likely N-dealkylation sites (tertiary alicyclic amines) is 1. The second kappa shape index (κ2) is 7.08. The van der Waals surface area contributed by atoms with E-state index < -0.39 is 0 Å². The highest BCUT2D eigenvalue weighted by Gasteiger charge is 2.20. The standard InChI is InChI=1S/C17H25N5O/c1-14-15(2)19-13-22(17(14)23)11-16-3-6-20(7-4-16)9-10-21-8-5-18-12-21/h5,8,12-13,16H,3-4,6-7,9-11H2,1-2H3. The molecule has 0 unspecified atom stereocenters. The molecule has 1 aliphatic heterocycles. The predicted molar refractivity (Wildman–Crippen MR) is 89.4 cm³/mol. The number of nitrogens with zero attached hydrogens (tertiary/aromatic N) is 5. The van der Waals surface area contributed by atoms with Gasteiger partial charge in [0, 0.05) is 43.3 Å². The van der Waals surface area contributed by atoms with Crippen molar-refractivity contribution in [3.63, 3.8) is 0 Å². The van der Waals surface area contributed by atoms with Gasteiger partial charge in [-0.05, 0) is 45.7 Å². The van der Waals surface area contributed by atoms with E-state index in [1.54, 1.807) is 10.9 Å². The molecular weight excluding hydrogens is 290 g/mol. The van der Waals surface area contributed by atoms with Crippen LogP contribution in [0.25, 0.3) is 0 Å². The van der Waals surface area contributed by atoms with Gasteiger partial charge in [-0.1, -0.05) is 0 Å². The highest BCUT2D eigenvalue weighted by atomic mass is 16.1. The van der Waals surface area contributed by atoms with E-state index in [1.807, 2.05) is 32.6 Å². The summed E-state index contributed by atoms with van der Waals surface area (Å²) in [6, 6.07) is 0. The second-order valence-electron chi connectivity index (χ2n) is 6.50. The third-order valence-corrected chi connectivity index (χ3v) is 4.91. The van der Waals surface area contributed by atoms with Gasteiger partial charge in [0.25, 0.3) is 5.56 Å². The SMILES string of the molecule is Cc1ncn(CC2CCN(CCn3ccnc3)CC2)c(=O)c1C. The van der Waals surface area contributed by atoms with Crippen molar-refractivity contribution in [1.29, 1.82) is 0 Å². The van der Waals surface area contributed by atoms with E-state index in [0.717, 1.165) is 56.8 Å². The molecule has 3 heterocycles. The van der Waals surface area contributed by atoms with Crippen molar-refractivity contribution >= 4 is 0 Å². The van der Waals surface area contributed by atoms with Crippen LogP contribution in [-0.2, 0) is 13.1 Å². The fourth-order valence-electron chi connectivity index (χ4n) is 3.15. The second-order valence-corrected chi connectivity index (χ2v) is 6.50. The lowest BCUT2D eigenvalue weighted by molar-refractivity contribution is 0.168. The van der Waals surface area contributed by atoms with Crippen molar-refractivity contribution in [1.82, 2.24) is 24.0 Å². The van der Waals surface area contributed by atoms with Crippen LogP contribution in [0.15, 0.2) is 29.8 Å². The van der Waals surface area contributed by atoms with E-state index in [2.05, 4.69) is 19.4 Å². The normalized spacial score (nSPS) is 16.8. The molecule has 3 rings (SSSR count). The zero-order valence-corrected chi connectivity index (χ0v) is 14.0. The Morgan fingerprint density at radius 2 is 1.96 bits per heavy atom. The van der Waals surface area contributed by atoms with Crippen LogP contribution in [0.4, 0.5) is 0 Å². The molecule has 0 spiro atoms. The molecule has 23 heavy (non-hydrogen) atoms. The Bertz CT molecular complexity index is 684. The van der Waals surface area contributed by atoms with Gasteiger partial charge in [-0.25, -0.2) is 9.97 Å². The first-order valence-corrected chi connectivity index (χ1v) is 8.34. The van der Waals surface area contributed by atoms with Crippen molar-refractivity contribution in [3.05, 3.63) is 46.7 Å². The smallest absolute Gasteiger partial charge is 0.256 e. The van der Waals surface area contributed by atoms with Gasteiger partial charge in [-0.15, -0.1) is 0 Å². The molecule has 1 saturated heterocycles. The fraction of sp³-hybridized carbons (Fsp3) is 0.588. The summed E-state index contributed by atoms with van der Waals surface area (Å²) in [6.45, 7) is 8.81. The van der Waals surface area contributed by atoms with Gasteiger partial charge in [0.05, 0.1) is 12.7 Å². The van der Waals surface area contributed by atoms with Gasteiger partial charge in [0.2, 0.25) is 0 Å². The Labute approximate surface area is 136 Å². The maximum Gasteiger partial charge on any atom is 0.256 e. The largest absolute Gasteiger partial charge is 0.336 e. The third kappa shape index (κ3) is 3.88. The maximum absolute atomic E-state index is 12.3. The van der Waals surface area contributed by atoms with Crippen LogP contribution < -0.4 is 5.56 Å². The zero-order chi connectivity index (χ0) is 16.2. The molecular formula is C17H25N5O. The Morgan fingerprint density at radius 3 is 2.65 bits per heavy atom. The van der Waals surface area contributed by atoms with Gasteiger partial charge in [0.1, 0.15) is 0 Å². The number of aryl methyl sites for hydroxylation is 1. The summed E-state index contributed by atoms with van der Waals surface area (Å²) in [6.07, 6.45) is 9.68. The quantitative estimate of drug-likeness (QED) is 0.838. The lowest BCUT2D eigenvalue weighted by Crippen LogP contribution is -2.38. The minimum absolute atomic E-state index is 0.111. The van der Waals surface area contributed by atoms with Crippen molar-refractivity contribution in [2.75, 3.05) is 19.6 Å². The molecule has 0 aromatic carbocycles. The number of hydrogen-bond acceptors (Lipinski definition) is 4. The number of rotatable bonds is 5. The van der Waals surface area contributed by atoms with E-state index >= 15 is 0 Å². The first-order chi connectivity index (χ1) is 11.1. The summed E-state index contributed by atoms with van der Waals surface area (Å²) in [5.41, 5.74) is 1.71. The summed E-state index contributed by atoms with van der Waals surface area (Å²) >= 11 is 0. The van der Waals surface area contributed by atoms with Crippen molar-refractivity contribution in [2.45, 2.75) is 39.8 Å². The van der Waals surface area contributed by atoms with Crippen LogP contribution >= 0.6 is 0 Å². The topological polar surface area (TPSA) is 56.0 Å². The van der Waals surface area contributed by atoms with Gasteiger partial charge in [0.15, 0.2) is 0 Å². The molecule has 1 aliphatic rings. The average Bonchev–Trinajstić information content (AvgIpc) is 3.08. The zero-order valence-electron chi connectivity index (χ0n) is 14.0. The molecule has 0 atom stereocenters. The molecule has 0 saturated carbocycles. The van der Waals surface area contributed by atoms with Crippen LogP contribution in [0, 0.1) is 19.8 Å². The molecule has 0 radical (unpaired) electrons. The molecule has 0 aliphatic carbocycles. The van der Waals surface area contributed by atoms with Crippen molar-refractivity contribution < 1.29 is 0 Å². The Balaban J connectivity index is 1.49. The average molecular weight is 315 g/mol. The Morgan fingerprint density at radius 1 is 1.17 bits per heavy atom. The molecule has 6 nitrogen and oxygen atoms in total. The highest BCUT2D eigenvalue weighted by molar-refractivity contribution is 5.12. The molecule has 2 aromatic heterocycles. The maximum atomic E-state index is 12.3. The number of hydrogen-bond donors (Lipinski definition) is 0. The molecule has 0 bridgehead atoms. The van der Waals surface area contributed by atoms with Gasteiger partial charge >= 0.3 is 0 Å². The van der Waals surface area contributed by atoms with Crippen molar-refractivity contribution in [3.8, 4) is 0 Å². The van der Waals surface area contributed by atoms with E-state index in [4.69, 9.17) is 0 Å². The molecule has 124 valence electrons. The van der Waals surface area contributed by atoms with E-state index in [9.17, 15) is 4.79 Å². The monoisotopic (exact) mass is 315 g/mol. The number of aromatic nitrogens is 4. The van der Waals surface area contributed by atoms with Crippen LogP contribution in [0.5, 0.6) is 0 Å². The predicted octanol–water partition coefficient (Wildman–Crippen LogP) is 1.47. The molecule has 2 aromatic rings. The summed E-state index contributed by atoms with van der Waals surface area (Å²) in [5.74, 6) is 0.570. The van der Waals surface area contributed by atoms with Crippen LogP contribution in [0.1, 0.15) is 24.1 Å². The van der Waals surface area contributed by atoms with Gasteiger partial charge in [-0.3, -0.25) is 9.36 Å². The van der Waals surface area contributed by atoms with Crippen LogP contribution in [0.2, 0.25) is 0 Å². The van der Waals surface area contributed by atoms with Gasteiger partial charge < -0.3 is 9.47 Å². The minimum atomic E-state index is 0.111. The number of piperidine rings is 1. The van der Waals surface area contributed by atoms with Crippen molar-refractivity contribution in [2.24, 2.45) is 5.92 Å². The van der Waals surface area contributed by atoms with E-state index in [-0.39, 0.29) is 5.56 Å². The molecule has 0 amide bonds. The fourth-order valence-corrected chi connectivity index (χ4v) is 3.15. The summed E-state index contributed by atoms with van der Waals surface area (Å²) < 4.78 is 3.90. The first kappa shape index (κ1) is 15.9. The highest BCUT2D eigenvalue weighted by Crippen LogP contribution is 2.18. The summed E-state index contributed by atoms with van der Waals surface area (Å²) in [7, 11) is 0. The lowest BCUT2D eigenvalue weighted by atomic mass is 9.96. The molecule has 0 N–H and O–H groups in total. The lowest BCUT2D eigenvalue weighted by Gasteiger charge is -2.32. The Kier molecular flexibility index (Phi) is 4.91. The number of imidazole rings is 1. The van der Waals surface area contributed by atoms with Gasteiger partial charge in [-0.2, -0.15) is 0 Å². The Hall–Kier alpha value is -1.95. The third-order valence-electron chi connectivity index (χ3n) is 4.91.